The minimum Gasteiger partial charge on any atom is -0.342 e. The second-order valence-corrected chi connectivity index (χ2v) is 8.24. The summed E-state index contributed by atoms with van der Waals surface area (Å²) in [6.07, 6.45) is 2.19. The van der Waals surface area contributed by atoms with E-state index in [0.29, 0.717) is 0 Å². The van der Waals surface area contributed by atoms with Crippen LogP contribution in [0, 0.1) is 0 Å². The summed E-state index contributed by atoms with van der Waals surface area (Å²) in [4.78, 5) is 4.66. The van der Waals surface area contributed by atoms with Crippen molar-refractivity contribution in [1.82, 2.24) is 9.55 Å². The molecule has 0 bridgehead atoms. The Morgan fingerprint density at radius 2 is 1.65 bits per heavy atom. The van der Waals surface area contributed by atoms with Gasteiger partial charge in [-0.05, 0) is 18.6 Å². The lowest BCUT2D eigenvalue weighted by atomic mass is 10.1. The maximum absolute atomic E-state index is 4.66. The molecule has 0 aliphatic rings. The first kappa shape index (κ1) is 19.3. The van der Waals surface area contributed by atoms with Crippen LogP contribution < -0.4 is 5.43 Å². The van der Waals surface area contributed by atoms with Crippen molar-refractivity contribution >= 4 is 33.1 Å². The van der Waals surface area contributed by atoms with Crippen LogP contribution in [-0.4, -0.2) is 15.3 Å². The van der Waals surface area contributed by atoms with E-state index >= 15 is 0 Å². The first-order valence-corrected chi connectivity index (χ1v) is 11.1. The number of benzene rings is 3. The third-order valence-electron chi connectivity index (χ3n) is 5.27. The molecule has 0 atom stereocenters. The highest BCUT2D eigenvalue weighted by molar-refractivity contribution is 7.14. The van der Waals surface area contributed by atoms with Crippen molar-refractivity contribution in [2.24, 2.45) is 5.10 Å². The van der Waals surface area contributed by atoms with Crippen molar-refractivity contribution in [3.05, 3.63) is 108 Å². The van der Waals surface area contributed by atoms with Crippen molar-refractivity contribution in [2.75, 3.05) is 5.43 Å². The molecule has 1 N–H and O–H groups in total. The number of hydrazone groups is 1. The smallest absolute Gasteiger partial charge is 0.203 e. The fraction of sp³-hybridized carbons (Fsp3) is 0.0769. The van der Waals surface area contributed by atoms with Gasteiger partial charge in [0.25, 0.3) is 0 Å². The van der Waals surface area contributed by atoms with Crippen molar-refractivity contribution < 1.29 is 0 Å². The summed E-state index contributed by atoms with van der Waals surface area (Å²) in [6, 6.07) is 29.2. The van der Waals surface area contributed by atoms with Crippen molar-refractivity contribution in [1.29, 1.82) is 0 Å². The summed E-state index contributed by atoms with van der Waals surface area (Å²) in [5.41, 5.74) is 9.75. The number of hydrogen-bond acceptors (Lipinski definition) is 4. The Kier molecular flexibility index (Phi) is 5.33. The normalized spacial score (nSPS) is 11.7. The molecule has 2 aromatic heterocycles. The van der Waals surface area contributed by atoms with E-state index in [1.54, 1.807) is 11.3 Å². The van der Waals surface area contributed by atoms with Gasteiger partial charge in [0.15, 0.2) is 0 Å². The molecule has 5 aromatic rings. The molecule has 0 spiro atoms. The first-order chi connectivity index (χ1) is 15.3. The number of nitrogens with zero attached hydrogens (tertiary/aromatic N) is 3. The van der Waals surface area contributed by atoms with Crippen molar-refractivity contribution in [3.63, 3.8) is 0 Å². The van der Waals surface area contributed by atoms with Gasteiger partial charge in [-0.15, -0.1) is 11.3 Å². The van der Waals surface area contributed by atoms with Crippen LogP contribution in [0.3, 0.4) is 0 Å². The molecule has 0 radical (unpaired) electrons. The van der Waals surface area contributed by atoms with E-state index < -0.39 is 0 Å². The second kappa shape index (κ2) is 8.58. The molecule has 31 heavy (non-hydrogen) atoms. The zero-order valence-electron chi connectivity index (χ0n) is 17.2. The van der Waals surface area contributed by atoms with Gasteiger partial charge < -0.3 is 4.57 Å². The Morgan fingerprint density at radius 1 is 0.935 bits per heavy atom. The van der Waals surface area contributed by atoms with Crippen LogP contribution in [0.1, 0.15) is 18.1 Å². The Morgan fingerprint density at radius 3 is 2.45 bits per heavy atom. The third kappa shape index (κ3) is 4.13. The minimum atomic E-state index is 0.784. The highest BCUT2D eigenvalue weighted by atomic mass is 32.1. The van der Waals surface area contributed by atoms with Crippen molar-refractivity contribution in [2.45, 2.75) is 13.5 Å². The summed E-state index contributed by atoms with van der Waals surface area (Å²) in [7, 11) is 0. The molecule has 2 heterocycles. The van der Waals surface area contributed by atoms with Gasteiger partial charge >= 0.3 is 0 Å². The molecule has 0 aliphatic carbocycles. The molecule has 5 rings (SSSR count). The lowest BCUT2D eigenvalue weighted by Crippen LogP contribution is -2.00. The van der Waals surface area contributed by atoms with Crippen LogP contribution in [0.15, 0.2) is 102 Å². The molecule has 152 valence electrons. The highest BCUT2D eigenvalue weighted by Gasteiger charge is 2.11. The van der Waals surface area contributed by atoms with E-state index in [4.69, 9.17) is 0 Å². The quantitative estimate of drug-likeness (QED) is 0.246. The van der Waals surface area contributed by atoms with Crippen molar-refractivity contribution in [3.8, 4) is 11.3 Å². The Hall–Kier alpha value is -3.70. The Labute approximate surface area is 185 Å². The van der Waals surface area contributed by atoms with Gasteiger partial charge in [0.1, 0.15) is 0 Å². The maximum atomic E-state index is 4.66. The summed E-state index contributed by atoms with van der Waals surface area (Å²) in [6.45, 7) is 2.86. The summed E-state index contributed by atoms with van der Waals surface area (Å²) < 4.78 is 2.29. The predicted molar refractivity (Wildman–Crippen MR) is 131 cm³/mol. The lowest BCUT2D eigenvalue weighted by Gasteiger charge is -2.05. The molecule has 3 aromatic carbocycles. The second-order valence-electron chi connectivity index (χ2n) is 7.39. The van der Waals surface area contributed by atoms with Crippen LogP contribution in [0.5, 0.6) is 0 Å². The van der Waals surface area contributed by atoms with E-state index in [0.717, 1.165) is 34.2 Å². The fourth-order valence-corrected chi connectivity index (χ4v) is 4.37. The number of nitrogens with one attached hydrogen (secondary N) is 1. The van der Waals surface area contributed by atoms with E-state index in [1.165, 1.54) is 16.5 Å². The van der Waals surface area contributed by atoms with Gasteiger partial charge in [0, 0.05) is 40.2 Å². The number of fused-ring (bicyclic) bond motifs is 1. The standard InChI is InChI=1S/C26H22N4S/c1-19(28-29-26-27-24(18-31-26)21-12-6-3-7-13-21)23-17-30(16-20-10-4-2-5-11-20)25-15-9-8-14-22(23)25/h2-15,17-18H,16H2,1H3,(H,27,29)/b28-19+. The number of thiazole rings is 1. The molecule has 0 saturated heterocycles. The van der Waals surface area contributed by atoms with Gasteiger partial charge in [-0.2, -0.15) is 5.10 Å². The summed E-state index contributed by atoms with van der Waals surface area (Å²) in [5.74, 6) is 0. The monoisotopic (exact) mass is 422 g/mol. The average molecular weight is 423 g/mol. The molecule has 0 aliphatic heterocycles. The molecular weight excluding hydrogens is 400 g/mol. The summed E-state index contributed by atoms with van der Waals surface area (Å²) >= 11 is 1.56. The molecule has 5 heteroatoms. The predicted octanol–water partition coefficient (Wildman–Crippen LogP) is 6.65. The lowest BCUT2D eigenvalue weighted by molar-refractivity contribution is 0.836. The summed E-state index contributed by atoms with van der Waals surface area (Å²) in [5, 5.41) is 8.68. The molecule has 4 nitrogen and oxygen atoms in total. The van der Waals surface area contributed by atoms with Crippen LogP contribution in [-0.2, 0) is 6.54 Å². The topological polar surface area (TPSA) is 42.2 Å². The van der Waals surface area contributed by atoms with E-state index in [2.05, 4.69) is 86.9 Å². The maximum Gasteiger partial charge on any atom is 0.203 e. The molecular formula is C26H22N4S. The molecule has 0 unspecified atom stereocenters. The van der Waals surface area contributed by atoms with Gasteiger partial charge in [-0.1, -0.05) is 78.9 Å². The van der Waals surface area contributed by atoms with E-state index in [-0.39, 0.29) is 0 Å². The minimum absolute atomic E-state index is 0.784. The highest BCUT2D eigenvalue weighted by Crippen LogP contribution is 2.26. The van der Waals surface area contributed by atoms with Gasteiger partial charge in [-0.25, -0.2) is 4.98 Å². The zero-order chi connectivity index (χ0) is 21.0. The van der Waals surface area contributed by atoms with Crippen LogP contribution in [0.25, 0.3) is 22.2 Å². The number of anilines is 1. The van der Waals surface area contributed by atoms with Crippen LogP contribution in [0.4, 0.5) is 5.13 Å². The third-order valence-corrected chi connectivity index (χ3v) is 6.01. The average Bonchev–Trinajstić information content (AvgIpc) is 3.44. The largest absolute Gasteiger partial charge is 0.342 e. The number of aromatic nitrogens is 2. The number of hydrogen-bond donors (Lipinski definition) is 1. The van der Waals surface area contributed by atoms with Gasteiger partial charge in [0.05, 0.1) is 11.4 Å². The zero-order valence-corrected chi connectivity index (χ0v) is 18.0. The van der Waals surface area contributed by atoms with E-state index in [1.807, 2.05) is 36.6 Å². The van der Waals surface area contributed by atoms with Crippen LogP contribution >= 0.6 is 11.3 Å². The fourth-order valence-electron chi connectivity index (χ4n) is 3.70. The first-order valence-electron chi connectivity index (χ1n) is 10.2. The Balaban J connectivity index is 1.41. The molecule has 0 amide bonds. The number of para-hydroxylation sites is 1. The van der Waals surface area contributed by atoms with Crippen LogP contribution in [0.2, 0.25) is 0 Å². The molecule has 0 saturated carbocycles. The Bertz CT molecular complexity index is 1330. The SMILES string of the molecule is C/C(=N\Nc1nc(-c2ccccc2)cs1)c1cn(Cc2ccccc2)c2ccccc12. The van der Waals surface area contributed by atoms with E-state index in [9.17, 15) is 0 Å². The molecule has 0 fully saturated rings. The van der Waals surface area contributed by atoms with Gasteiger partial charge in [0.2, 0.25) is 5.13 Å². The van der Waals surface area contributed by atoms with Gasteiger partial charge in [-0.3, -0.25) is 5.43 Å². The number of rotatable bonds is 6.